The fraction of sp³-hybridized carbons (Fsp3) is 0.467. The summed E-state index contributed by atoms with van der Waals surface area (Å²) in [6.45, 7) is 9.98. The van der Waals surface area contributed by atoms with Gasteiger partial charge in [-0.25, -0.2) is 0 Å². The zero-order valence-corrected chi connectivity index (χ0v) is 23.2. The highest BCUT2D eigenvalue weighted by atomic mass is 35.5. The smallest absolute Gasteiger partial charge is 0.223 e. The number of hydrogen-bond acceptors (Lipinski definition) is 4. The molecule has 2 aromatic carbocycles. The third kappa shape index (κ3) is 7.14. The van der Waals surface area contributed by atoms with E-state index in [0.29, 0.717) is 25.6 Å². The summed E-state index contributed by atoms with van der Waals surface area (Å²) < 4.78 is 8.44. The Kier molecular flexibility index (Phi) is 8.93. The molecular formula is C30H39ClN4O2. The van der Waals surface area contributed by atoms with Crippen LogP contribution in [0.2, 0.25) is 5.02 Å². The SMILES string of the molecule is Cc1cc(OCC2(CC(=O)N(C)Cc3ccccc3)CCCN(Cc3ccnn3C(C)C)C2)ccc1Cl. The van der Waals surface area contributed by atoms with E-state index in [-0.39, 0.29) is 11.3 Å². The number of ether oxygens (including phenoxy) is 1. The van der Waals surface area contributed by atoms with Crippen molar-refractivity contribution in [3.63, 3.8) is 0 Å². The van der Waals surface area contributed by atoms with Gasteiger partial charge in [0.15, 0.2) is 0 Å². The molecule has 0 saturated carbocycles. The van der Waals surface area contributed by atoms with Crippen LogP contribution in [0.1, 0.15) is 56.0 Å². The molecule has 0 N–H and O–H groups in total. The van der Waals surface area contributed by atoms with E-state index in [4.69, 9.17) is 16.3 Å². The van der Waals surface area contributed by atoms with Gasteiger partial charge >= 0.3 is 0 Å². The minimum Gasteiger partial charge on any atom is -0.493 e. The number of carbonyl (C=O) groups is 1. The fourth-order valence-corrected chi connectivity index (χ4v) is 5.38. The zero-order chi connectivity index (χ0) is 26.4. The normalized spacial score (nSPS) is 18.2. The first kappa shape index (κ1) is 27.2. The topological polar surface area (TPSA) is 50.6 Å². The summed E-state index contributed by atoms with van der Waals surface area (Å²) in [7, 11) is 1.90. The largest absolute Gasteiger partial charge is 0.493 e. The van der Waals surface area contributed by atoms with Crippen molar-refractivity contribution in [1.29, 1.82) is 0 Å². The number of likely N-dealkylation sites (tertiary alicyclic amines) is 1. The van der Waals surface area contributed by atoms with Gasteiger partial charge in [-0.2, -0.15) is 5.10 Å². The molecule has 198 valence electrons. The number of rotatable bonds is 10. The number of halogens is 1. The van der Waals surface area contributed by atoms with E-state index in [1.165, 1.54) is 5.69 Å². The molecule has 1 aromatic heterocycles. The van der Waals surface area contributed by atoms with Crippen molar-refractivity contribution in [2.45, 2.75) is 59.2 Å². The van der Waals surface area contributed by atoms with Crippen molar-refractivity contribution in [2.24, 2.45) is 5.41 Å². The van der Waals surface area contributed by atoms with Gasteiger partial charge in [-0.05, 0) is 75.5 Å². The van der Waals surface area contributed by atoms with Gasteiger partial charge < -0.3 is 9.64 Å². The van der Waals surface area contributed by atoms with Crippen LogP contribution in [0.4, 0.5) is 0 Å². The first-order chi connectivity index (χ1) is 17.7. The molecule has 1 fully saturated rings. The van der Waals surface area contributed by atoms with Gasteiger partial charge in [0.1, 0.15) is 5.75 Å². The van der Waals surface area contributed by atoms with Gasteiger partial charge in [0.25, 0.3) is 0 Å². The first-order valence-electron chi connectivity index (χ1n) is 13.2. The van der Waals surface area contributed by atoms with Gasteiger partial charge in [-0.15, -0.1) is 0 Å². The van der Waals surface area contributed by atoms with Crippen molar-refractivity contribution in [3.05, 3.63) is 82.6 Å². The zero-order valence-electron chi connectivity index (χ0n) is 22.5. The molecule has 6 nitrogen and oxygen atoms in total. The van der Waals surface area contributed by atoms with E-state index in [9.17, 15) is 4.79 Å². The van der Waals surface area contributed by atoms with Crippen LogP contribution in [-0.2, 0) is 17.9 Å². The maximum absolute atomic E-state index is 13.5. The number of aryl methyl sites for hydroxylation is 1. The number of nitrogens with zero attached hydrogens (tertiary/aromatic N) is 4. The van der Waals surface area contributed by atoms with Crippen molar-refractivity contribution in [2.75, 3.05) is 26.7 Å². The van der Waals surface area contributed by atoms with E-state index in [1.807, 2.05) is 61.5 Å². The van der Waals surface area contributed by atoms with E-state index in [1.54, 1.807) is 0 Å². The van der Waals surface area contributed by atoms with Gasteiger partial charge in [0, 0.05) is 55.8 Å². The van der Waals surface area contributed by atoms with Crippen molar-refractivity contribution in [1.82, 2.24) is 19.6 Å². The van der Waals surface area contributed by atoms with Crippen molar-refractivity contribution < 1.29 is 9.53 Å². The summed E-state index contributed by atoms with van der Waals surface area (Å²) in [6.07, 6.45) is 4.29. The van der Waals surface area contributed by atoms with Crippen LogP contribution in [0.3, 0.4) is 0 Å². The maximum Gasteiger partial charge on any atom is 0.223 e. The minimum absolute atomic E-state index is 0.147. The van der Waals surface area contributed by atoms with E-state index < -0.39 is 0 Å². The van der Waals surface area contributed by atoms with Gasteiger partial charge in [-0.3, -0.25) is 14.4 Å². The lowest BCUT2D eigenvalue weighted by Gasteiger charge is -2.43. The molecule has 0 aliphatic carbocycles. The summed E-state index contributed by atoms with van der Waals surface area (Å²) in [5.74, 6) is 0.940. The summed E-state index contributed by atoms with van der Waals surface area (Å²) in [6, 6.07) is 18.3. The van der Waals surface area contributed by atoms with E-state index in [2.05, 4.69) is 46.7 Å². The molecule has 1 unspecified atom stereocenters. The highest BCUT2D eigenvalue weighted by molar-refractivity contribution is 6.31. The lowest BCUT2D eigenvalue weighted by Crippen LogP contribution is -2.48. The number of piperidine rings is 1. The second-order valence-electron chi connectivity index (χ2n) is 10.8. The molecule has 1 saturated heterocycles. The third-order valence-electron chi connectivity index (χ3n) is 7.26. The summed E-state index contributed by atoms with van der Waals surface area (Å²) in [5, 5.41) is 5.24. The predicted molar refractivity (Wildman–Crippen MR) is 149 cm³/mol. The molecule has 0 bridgehead atoms. The van der Waals surface area contributed by atoms with Crippen molar-refractivity contribution >= 4 is 17.5 Å². The third-order valence-corrected chi connectivity index (χ3v) is 7.68. The van der Waals surface area contributed by atoms with Crippen LogP contribution < -0.4 is 4.74 Å². The average molecular weight is 523 g/mol. The summed E-state index contributed by atoms with van der Waals surface area (Å²) in [5.41, 5.74) is 3.04. The fourth-order valence-electron chi connectivity index (χ4n) is 5.26. The molecule has 2 heterocycles. The number of hydrogen-bond donors (Lipinski definition) is 0. The molecule has 4 rings (SSSR count). The van der Waals surface area contributed by atoms with Crippen LogP contribution in [0, 0.1) is 12.3 Å². The molecule has 1 atom stereocenters. The molecule has 0 radical (unpaired) electrons. The Hall–Kier alpha value is -2.83. The molecule has 7 heteroatoms. The minimum atomic E-state index is -0.281. The number of amides is 1. The number of benzene rings is 2. The lowest BCUT2D eigenvalue weighted by atomic mass is 9.77. The van der Waals surface area contributed by atoms with Crippen LogP contribution in [0.25, 0.3) is 0 Å². The van der Waals surface area contributed by atoms with Crippen LogP contribution >= 0.6 is 11.6 Å². The standard InChI is InChI=1S/C30H39ClN4O2/c1-23(2)35-26(13-15-32-35)20-34-16-8-14-30(21-34,22-37-27-11-12-28(31)24(3)17-27)18-29(36)33(4)19-25-9-6-5-7-10-25/h5-7,9-13,15,17,23H,8,14,16,18-22H2,1-4H3. The quantitative estimate of drug-likeness (QED) is 0.321. The van der Waals surface area contributed by atoms with Gasteiger partial charge in [0.2, 0.25) is 5.91 Å². The van der Waals surface area contributed by atoms with Crippen LogP contribution in [0.5, 0.6) is 5.75 Å². The average Bonchev–Trinajstić information content (AvgIpc) is 3.34. The second kappa shape index (κ2) is 12.1. The molecular weight excluding hydrogens is 484 g/mol. The van der Waals surface area contributed by atoms with Crippen molar-refractivity contribution in [3.8, 4) is 5.75 Å². The second-order valence-corrected chi connectivity index (χ2v) is 11.2. The molecule has 0 spiro atoms. The Morgan fingerprint density at radius 3 is 2.70 bits per heavy atom. The molecule has 1 amide bonds. The Morgan fingerprint density at radius 1 is 1.19 bits per heavy atom. The molecule has 3 aromatic rings. The Bertz CT molecular complexity index is 1180. The van der Waals surface area contributed by atoms with Gasteiger partial charge in [0.05, 0.1) is 12.3 Å². The van der Waals surface area contributed by atoms with E-state index >= 15 is 0 Å². The monoisotopic (exact) mass is 522 g/mol. The lowest BCUT2D eigenvalue weighted by molar-refractivity contribution is -0.135. The van der Waals surface area contributed by atoms with Crippen LogP contribution in [0.15, 0.2) is 60.8 Å². The Morgan fingerprint density at radius 2 is 1.97 bits per heavy atom. The van der Waals surface area contributed by atoms with Gasteiger partial charge in [-0.1, -0.05) is 41.9 Å². The predicted octanol–water partition coefficient (Wildman–Crippen LogP) is 6.14. The van der Waals surface area contributed by atoms with E-state index in [0.717, 1.165) is 54.4 Å². The first-order valence-corrected chi connectivity index (χ1v) is 13.5. The number of aromatic nitrogens is 2. The summed E-state index contributed by atoms with van der Waals surface area (Å²) >= 11 is 6.23. The maximum atomic E-state index is 13.5. The summed E-state index contributed by atoms with van der Waals surface area (Å²) in [4.78, 5) is 17.8. The number of carbonyl (C=O) groups excluding carboxylic acids is 1. The highest BCUT2D eigenvalue weighted by Crippen LogP contribution is 2.36. The highest BCUT2D eigenvalue weighted by Gasteiger charge is 2.39. The Labute approximate surface area is 226 Å². The molecule has 1 aliphatic rings. The molecule has 37 heavy (non-hydrogen) atoms. The molecule has 1 aliphatic heterocycles. The van der Waals surface area contributed by atoms with Crippen LogP contribution in [-0.4, -0.2) is 52.2 Å². The Balaban J connectivity index is 1.51.